The van der Waals surface area contributed by atoms with Gasteiger partial charge in [0.2, 0.25) is 0 Å². The lowest BCUT2D eigenvalue weighted by Crippen LogP contribution is -1.91. The number of fused-ring (bicyclic) bond motifs is 2. The maximum atomic E-state index is 2.36. The van der Waals surface area contributed by atoms with Gasteiger partial charge in [0.1, 0.15) is 0 Å². The van der Waals surface area contributed by atoms with Crippen molar-refractivity contribution in [1.82, 2.24) is 0 Å². The van der Waals surface area contributed by atoms with E-state index in [-0.39, 0.29) is 0 Å². The Morgan fingerprint density at radius 2 is 0.617 bits per heavy atom. The molecule has 0 heteroatoms. The van der Waals surface area contributed by atoms with E-state index in [0.29, 0.717) is 5.92 Å². The number of rotatable bonds is 6. The zero-order valence-electron chi connectivity index (χ0n) is 26.8. The Morgan fingerprint density at radius 3 is 1.11 bits per heavy atom. The van der Waals surface area contributed by atoms with Gasteiger partial charge >= 0.3 is 0 Å². The molecule has 8 aromatic rings. The summed E-state index contributed by atoms with van der Waals surface area (Å²) in [7, 11) is 0. The average Bonchev–Trinajstić information content (AvgIpc) is 3.14. The van der Waals surface area contributed by atoms with E-state index in [0.717, 1.165) is 0 Å². The summed E-state index contributed by atoms with van der Waals surface area (Å²) in [5, 5.41) is 5.10. The van der Waals surface area contributed by atoms with Crippen molar-refractivity contribution in [2.45, 2.75) is 19.8 Å². The Hall–Kier alpha value is -5.72. The summed E-state index contributed by atoms with van der Waals surface area (Å²) in [6, 6.07) is 64.4. The number of hydrogen-bond acceptors (Lipinski definition) is 0. The highest BCUT2D eigenvalue weighted by Crippen LogP contribution is 2.44. The van der Waals surface area contributed by atoms with Gasteiger partial charge in [0, 0.05) is 0 Å². The molecule has 0 aliphatic heterocycles. The largest absolute Gasteiger partial charge is 0.0622 e. The maximum absolute atomic E-state index is 2.36. The molecule has 0 fully saturated rings. The minimum absolute atomic E-state index is 0.540. The highest BCUT2D eigenvalue weighted by molar-refractivity contribution is 6.21. The van der Waals surface area contributed by atoms with Gasteiger partial charge in [-0.05, 0) is 101 Å². The zero-order valence-corrected chi connectivity index (χ0v) is 26.8. The van der Waals surface area contributed by atoms with E-state index in [1.807, 2.05) is 0 Å². The number of benzene rings is 8. The van der Waals surface area contributed by atoms with E-state index in [1.54, 1.807) is 0 Å². The van der Waals surface area contributed by atoms with Crippen molar-refractivity contribution < 1.29 is 0 Å². The van der Waals surface area contributed by atoms with Crippen molar-refractivity contribution in [2.75, 3.05) is 0 Å². The summed E-state index contributed by atoms with van der Waals surface area (Å²) in [4.78, 5) is 0. The van der Waals surface area contributed by atoms with Gasteiger partial charge in [-0.2, -0.15) is 0 Å². The molecule has 0 saturated carbocycles. The molecule has 224 valence electrons. The van der Waals surface area contributed by atoms with E-state index < -0.39 is 0 Å². The molecule has 0 bridgehead atoms. The Kier molecular flexibility index (Phi) is 7.48. The van der Waals surface area contributed by atoms with Gasteiger partial charge in [-0.25, -0.2) is 0 Å². The summed E-state index contributed by atoms with van der Waals surface area (Å²) in [5.41, 5.74) is 13.8. The quantitative estimate of drug-likeness (QED) is 0.167. The molecule has 0 amide bonds. The highest BCUT2D eigenvalue weighted by atomic mass is 14.2. The molecule has 0 spiro atoms. The van der Waals surface area contributed by atoms with Crippen molar-refractivity contribution >= 4 is 21.5 Å². The fourth-order valence-corrected chi connectivity index (χ4v) is 7.00. The summed E-state index contributed by atoms with van der Waals surface area (Å²) in [5.74, 6) is 0.540. The van der Waals surface area contributed by atoms with Crippen LogP contribution in [-0.2, 0) is 0 Å². The molecule has 0 aliphatic rings. The van der Waals surface area contributed by atoms with Crippen molar-refractivity contribution in [3.63, 3.8) is 0 Å². The topological polar surface area (TPSA) is 0 Å². The van der Waals surface area contributed by atoms with Gasteiger partial charge in [-0.3, -0.25) is 0 Å². The molecule has 0 radical (unpaired) electrons. The molecule has 0 aliphatic carbocycles. The monoisotopic (exact) mass is 600 g/mol. The second kappa shape index (κ2) is 12.2. The molecule has 8 rings (SSSR count). The van der Waals surface area contributed by atoms with Crippen LogP contribution in [0.1, 0.15) is 25.3 Å². The van der Waals surface area contributed by atoms with Crippen molar-refractivity contribution in [3.8, 4) is 55.6 Å². The first-order chi connectivity index (χ1) is 23.1. The fraction of sp³-hybridized carbons (Fsp3) is 0.0638. The van der Waals surface area contributed by atoms with Crippen LogP contribution in [0.3, 0.4) is 0 Å². The standard InChI is InChI=1S/C47H36/c1-32(2)33-22-24-34(25-23-33)35-26-28-36(29-27-35)38-14-10-15-39(30-38)40-16-11-17-41(31-40)47-44-20-8-6-18-42(44)46(37-12-4-3-5-13-37)43-19-7-9-21-45(43)47/h3-32H,1-2H3. The minimum Gasteiger partial charge on any atom is -0.0622 e. The van der Waals surface area contributed by atoms with E-state index in [9.17, 15) is 0 Å². The zero-order chi connectivity index (χ0) is 31.7. The average molecular weight is 601 g/mol. The van der Waals surface area contributed by atoms with Gasteiger partial charge in [0.05, 0.1) is 0 Å². The predicted molar refractivity (Wildman–Crippen MR) is 203 cm³/mol. The SMILES string of the molecule is CC(C)c1ccc(-c2ccc(-c3cccc(-c4cccc(-c5c6ccccc6c(-c6ccccc6)c6ccccc56)c4)c3)cc2)cc1. The molecule has 0 nitrogen and oxygen atoms in total. The molecular formula is C47H36. The lowest BCUT2D eigenvalue weighted by Gasteiger charge is -2.18. The van der Waals surface area contributed by atoms with Crippen LogP contribution >= 0.6 is 0 Å². The van der Waals surface area contributed by atoms with E-state index in [4.69, 9.17) is 0 Å². The van der Waals surface area contributed by atoms with Gasteiger partial charge in [-0.15, -0.1) is 0 Å². The molecular weight excluding hydrogens is 565 g/mol. The van der Waals surface area contributed by atoms with Crippen LogP contribution in [0.25, 0.3) is 77.2 Å². The molecule has 0 atom stereocenters. The Labute approximate surface area is 277 Å². The first-order valence-corrected chi connectivity index (χ1v) is 16.5. The molecule has 0 saturated heterocycles. The molecule has 0 N–H and O–H groups in total. The van der Waals surface area contributed by atoms with Crippen LogP contribution < -0.4 is 0 Å². The summed E-state index contributed by atoms with van der Waals surface area (Å²) in [6.07, 6.45) is 0. The van der Waals surface area contributed by atoms with Crippen LogP contribution in [0.2, 0.25) is 0 Å². The van der Waals surface area contributed by atoms with Gasteiger partial charge < -0.3 is 0 Å². The van der Waals surface area contributed by atoms with E-state index in [1.165, 1.54) is 82.7 Å². The smallest absolute Gasteiger partial charge is 0.00262 e. The summed E-state index contributed by atoms with van der Waals surface area (Å²) in [6.45, 7) is 4.47. The van der Waals surface area contributed by atoms with Crippen LogP contribution in [0, 0.1) is 0 Å². The summed E-state index contributed by atoms with van der Waals surface area (Å²) >= 11 is 0. The van der Waals surface area contributed by atoms with Crippen molar-refractivity contribution in [2.24, 2.45) is 0 Å². The predicted octanol–water partition coefficient (Wildman–Crippen LogP) is 13.5. The fourth-order valence-electron chi connectivity index (χ4n) is 7.00. The number of hydrogen-bond donors (Lipinski definition) is 0. The van der Waals surface area contributed by atoms with E-state index >= 15 is 0 Å². The van der Waals surface area contributed by atoms with Crippen molar-refractivity contribution in [1.29, 1.82) is 0 Å². The molecule has 0 aromatic heterocycles. The third-order valence-corrected chi connectivity index (χ3v) is 9.47. The van der Waals surface area contributed by atoms with Crippen molar-refractivity contribution in [3.05, 3.63) is 181 Å². The molecule has 47 heavy (non-hydrogen) atoms. The highest BCUT2D eigenvalue weighted by Gasteiger charge is 2.16. The first kappa shape index (κ1) is 28.7. The Morgan fingerprint density at radius 1 is 0.277 bits per heavy atom. The Balaban J connectivity index is 1.19. The first-order valence-electron chi connectivity index (χ1n) is 16.5. The van der Waals surface area contributed by atoms with Crippen LogP contribution in [0.4, 0.5) is 0 Å². The van der Waals surface area contributed by atoms with Crippen LogP contribution in [0.15, 0.2) is 176 Å². The molecule has 0 heterocycles. The Bertz CT molecular complexity index is 2280. The van der Waals surface area contributed by atoms with Gasteiger partial charge in [0.25, 0.3) is 0 Å². The van der Waals surface area contributed by atoms with Crippen LogP contribution in [-0.4, -0.2) is 0 Å². The maximum Gasteiger partial charge on any atom is -0.00262 e. The second-order valence-corrected chi connectivity index (χ2v) is 12.7. The van der Waals surface area contributed by atoms with E-state index in [2.05, 4.69) is 190 Å². The normalized spacial score (nSPS) is 11.4. The van der Waals surface area contributed by atoms with Gasteiger partial charge in [0.15, 0.2) is 0 Å². The lowest BCUT2D eigenvalue weighted by molar-refractivity contribution is 0.867. The minimum atomic E-state index is 0.540. The lowest BCUT2D eigenvalue weighted by atomic mass is 9.85. The summed E-state index contributed by atoms with van der Waals surface area (Å²) < 4.78 is 0. The van der Waals surface area contributed by atoms with Crippen LogP contribution in [0.5, 0.6) is 0 Å². The third kappa shape index (κ3) is 5.43. The van der Waals surface area contributed by atoms with Gasteiger partial charge in [-0.1, -0.05) is 178 Å². The molecule has 8 aromatic carbocycles. The molecule has 0 unspecified atom stereocenters. The second-order valence-electron chi connectivity index (χ2n) is 12.7. The third-order valence-electron chi connectivity index (χ3n) is 9.47.